The fourth-order valence-electron chi connectivity index (χ4n) is 4.02. The normalized spacial score (nSPS) is 23.9. The molecule has 0 atom stereocenters. The zero-order chi connectivity index (χ0) is 19.8. The molecular weight excluding hydrogens is 354 g/mol. The first-order valence-electron chi connectivity index (χ1n) is 10.6. The van der Waals surface area contributed by atoms with E-state index in [0.717, 1.165) is 63.0 Å². The number of nitrogens with one attached hydrogen (secondary N) is 1. The van der Waals surface area contributed by atoms with Gasteiger partial charge in [-0.2, -0.15) is 0 Å². The van der Waals surface area contributed by atoms with Crippen LogP contribution in [0.25, 0.3) is 0 Å². The summed E-state index contributed by atoms with van der Waals surface area (Å²) in [6.45, 7) is 8.27. The second-order valence-electron chi connectivity index (χ2n) is 8.17. The molecule has 0 radical (unpaired) electrons. The second-order valence-corrected chi connectivity index (χ2v) is 8.17. The van der Waals surface area contributed by atoms with Gasteiger partial charge < -0.3 is 14.8 Å². The van der Waals surface area contributed by atoms with Crippen molar-refractivity contribution in [1.82, 2.24) is 15.1 Å². The third-order valence-corrected chi connectivity index (χ3v) is 5.95. The van der Waals surface area contributed by atoms with Crippen LogP contribution in [0.5, 0.6) is 11.5 Å². The number of methoxy groups -OCH3 is 1. The van der Waals surface area contributed by atoms with E-state index < -0.39 is 0 Å². The van der Waals surface area contributed by atoms with E-state index in [9.17, 15) is 4.79 Å². The number of amides is 1. The molecule has 6 nitrogen and oxygen atoms in total. The van der Waals surface area contributed by atoms with Gasteiger partial charge >= 0.3 is 0 Å². The van der Waals surface area contributed by atoms with Gasteiger partial charge in [-0.05, 0) is 55.9 Å². The minimum atomic E-state index is 0.191. The Labute approximate surface area is 169 Å². The van der Waals surface area contributed by atoms with E-state index in [-0.39, 0.29) is 5.91 Å². The molecule has 1 aromatic rings. The van der Waals surface area contributed by atoms with Crippen molar-refractivity contribution in [2.75, 3.05) is 53.0 Å². The van der Waals surface area contributed by atoms with E-state index in [1.165, 1.54) is 12.8 Å². The number of carbonyl (C=O) groups excluding carboxylic acids is 1. The van der Waals surface area contributed by atoms with E-state index in [2.05, 4.69) is 22.0 Å². The molecule has 0 aromatic heterocycles. The molecule has 1 heterocycles. The highest BCUT2D eigenvalue weighted by Crippen LogP contribution is 2.23. The van der Waals surface area contributed by atoms with Crippen molar-refractivity contribution in [1.29, 1.82) is 0 Å². The maximum absolute atomic E-state index is 12.3. The van der Waals surface area contributed by atoms with Crippen LogP contribution >= 0.6 is 0 Å². The second kappa shape index (κ2) is 10.7. The van der Waals surface area contributed by atoms with Crippen LogP contribution in [0, 0.1) is 5.92 Å². The Bertz CT molecular complexity index is 592. The summed E-state index contributed by atoms with van der Waals surface area (Å²) in [5, 5.41) is 3.24. The molecule has 6 heteroatoms. The minimum Gasteiger partial charge on any atom is -0.497 e. The molecule has 1 aliphatic carbocycles. The third kappa shape index (κ3) is 6.67. The number of piperazine rings is 1. The summed E-state index contributed by atoms with van der Waals surface area (Å²) in [7, 11) is 1.66. The summed E-state index contributed by atoms with van der Waals surface area (Å²) in [4.78, 5) is 17.0. The highest BCUT2D eigenvalue weighted by atomic mass is 16.5. The lowest BCUT2D eigenvalue weighted by Crippen LogP contribution is -2.51. The van der Waals surface area contributed by atoms with Crippen LogP contribution in [-0.2, 0) is 4.79 Å². The zero-order valence-electron chi connectivity index (χ0n) is 17.4. The number of hydrogen-bond donors (Lipinski definition) is 1. The molecular formula is C22H35N3O3. The van der Waals surface area contributed by atoms with Gasteiger partial charge in [0, 0.05) is 38.8 Å². The average molecular weight is 390 g/mol. The average Bonchev–Trinajstić information content (AvgIpc) is 2.71. The van der Waals surface area contributed by atoms with E-state index in [4.69, 9.17) is 9.47 Å². The van der Waals surface area contributed by atoms with Crippen molar-refractivity contribution in [2.24, 2.45) is 5.92 Å². The molecule has 2 aliphatic rings. The molecule has 0 unspecified atom stereocenters. The molecule has 1 saturated carbocycles. The molecule has 1 N–H and O–H groups in total. The number of nitrogens with zero attached hydrogens (tertiary/aromatic N) is 2. The van der Waals surface area contributed by atoms with Crippen molar-refractivity contribution >= 4 is 5.91 Å². The first-order valence-corrected chi connectivity index (χ1v) is 10.6. The fourth-order valence-corrected chi connectivity index (χ4v) is 4.02. The highest BCUT2D eigenvalue weighted by molar-refractivity contribution is 5.78. The summed E-state index contributed by atoms with van der Waals surface area (Å²) in [5.74, 6) is 2.71. The quantitative estimate of drug-likeness (QED) is 0.740. The molecule has 28 heavy (non-hydrogen) atoms. The van der Waals surface area contributed by atoms with Crippen molar-refractivity contribution in [3.05, 3.63) is 24.3 Å². The first-order chi connectivity index (χ1) is 13.6. The summed E-state index contributed by atoms with van der Waals surface area (Å²) >= 11 is 0. The Kier molecular flexibility index (Phi) is 7.98. The minimum absolute atomic E-state index is 0.191. The molecule has 0 bridgehead atoms. The number of benzene rings is 1. The zero-order valence-corrected chi connectivity index (χ0v) is 17.4. The van der Waals surface area contributed by atoms with Gasteiger partial charge in [-0.1, -0.05) is 6.92 Å². The molecule has 156 valence electrons. The lowest BCUT2D eigenvalue weighted by molar-refractivity contribution is -0.123. The SMILES string of the molecule is COc1ccc(OCCN2CCN(CC(=O)NC3CCC(C)CC3)CC2)cc1. The lowest BCUT2D eigenvalue weighted by atomic mass is 9.87. The molecule has 3 rings (SSSR count). The Hall–Kier alpha value is -1.79. The van der Waals surface area contributed by atoms with Gasteiger partial charge in [0.05, 0.1) is 13.7 Å². The predicted octanol–water partition coefficient (Wildman–Crippen LogP) is 2.39. The third-order valence-electron chi connectivity index (χ3n) is 5.95. The van der Waals surface area contributed by atoms with Crippen LogP contribution in [0.4, 0.5) is 0 Å². The summed E-state index contributed by atoms with van der Waals surface area (Å²) in [6.07, 6.45) is 4.74. The van der Waals surface area contributed by atoms with E-state index in [0.29, 0.717) is 19.2 Å². The van der Waals surface area contributed by atoms with Crippen LogP contribution in [0.3, 0.4) is 0 Å². The Morgan fingerprint density at radius 3 is 2.25 bits per heavy atom. The molecule has 0 spiro atoms. The number of rotatable bonds is 8. The molecule has 1 saturated heterocycles. The topological polar surface area (TPSA) is 54.0 Å². The Morgan fingerprint density at radius 2 is 1.61 bits per heavy atom. The van der Waals surface area contributed by atoms with E-state index in [1.807, 2.05) is 24.3 Å². The number of ether oxygens (including phenoxy) is 2. The van der Waals surface area contributed by atoms with Crippen LogP contribution in [-0.4, -0.2) is 74.7 Å². The van der Waals surface area contributed by atoms with Crippen LogP contribution in [0.1, 0.15) is 32.6 Å². The summed E-state index contributed by atoms with van der Waals surface area (Å²) in [6, 6.07) is 8.07. The van der Waals surface area contributed by atoms with Gasteiger partial charge in [0.2, 0.25) is 5.91 Å². The first kappa shape index (κ1) is 20.9. The Morgan fingerprint density at radius 1 is 1.00 bits per heavy atom. The smallest absolute Gasteiger partial charge is 0.234 e. The molecule has 2 fully saturated rings. The molecule has 1 aromatic carbocycles. The van der Waals surface area contributed by atoms with Gasteiger partial charge in [-0.25, -0.2) is 0 Å². The largest absolute Gasteiger partial charge is 0.497 e. The van der Waals surface area contributed by atoms with Crippen molar-refractivity contribution < 1.29 is 14.3 Å². The van der Waals surface area contributed by atoms with Crippen LogP contribution < -0.4 is 14.8 Å². The van der Waals surface area contributed by atoms with Gasteiger partial charge in [0.25, 0.3) is 0 Å². The monoisotopic (exact) mass is 389 g/mol. The molecule has 1 amide bonds. The highest BCUT2D eigenvalue weighted by Gasteiger charge is 2.22. The maximum Gasteiger partial charge on any atom is 0.234 e. The van der Waals surface area contributed by atoms with Crippen LogP contribution in [0.15, 0.2) is 24.3 Å². The van der Waals surface area contributed by atoms with Gasteiger partial charge in [0.1, 0.15) is 18.1 Å². The fraction of sp³-hybridized carbons (Fsp3) is 0.682. The van der Waals surface area contributed by atoms with Gasteiger partial charge in [0.15, 0.2) is 0 Å². The predicted molar refractivity (Wildman–Crippen MR) is 111 cm³/mol. The van der Waals surface area contributed by atoms with Gasteiger partial charge in [-0.3, -0.25) is 14.6 Å². The van der Waals surface area contributed by atoms with Crippen molar-refractivity contribution in [3.8, 4) is 11.5 Å². The number of carbonyl (C=O) groups is 1. The van der Waals surface area contributed by atoms with E-state index >= 15 is 0 Å². The summed E-state index contributed by atoms with van der Waals surface area (Å²) < 4.78 is 11.0. The summed E-state index contributed by atoms with van der Waals surface area (Å²) in [5.41, 5.74) is 0. The lowest BCUT2D eigenvalue weighted by Gasteiger charge is -2.34. The maximum atomic E-state index is 12.3. The van der Waals surface area contributed by atoms with Gasteiger partial charge in [-0.15, -0.1) is 0 Å². The molecule has 1 aliphatic heterocycles. The standard InChI is InChI=1S/C22H35N3O3/c1-18-3-5-19(6-4-18)23-22(26)17-25-13-11-24(12-14-25)15-16-28-21-9-7-20(27-2)8-10-21/h7-10,18-19H,3-6,11-17H2,1-2H3,(H,23,26). The number of hydrogen-bond acceptors (Lipinski definition) is 5. The van der Waals surface area contributed by atoms with Crippen molar-refractivity contribution in [3.63, 3.8) is 0 Å². The van der Waals surface area contributed by atoms with Crippen molar-refractivity contribution in [2.45, 2.75) is 38.6 Å². The van der Waals surface area contributed by atoms with Crippen LogP contribution in [0.2, 0.25) is 0 Å². The van der Waals surface area contributed by atoms with E-state index in [1.54, 1.807) is 7.11 Å². The Balaban J connectivity index is 1.28.